The molecule has 0 saturated heterocycles. The van der Waals surface area contributed by atoms with Gasteiger partial charge in [0.2, 0.25) is 0 Å². The number of aryl methyl sites for hydroxylation is 1. The summed E-state index contributed by atoms with van der Waals surface area (Å²) in [7, 11) is 0. The van der Waals surface area contributed by atoms with Crippen molar-refractivity contribution in [2.75, 3.05) is 6.61 Å². The third-order valence-electron chi connectivity index (χ3n) is 8.76. The molecule has 0 bridgehead atoms. The first-order valence-electron chi connectivity index (χ1n) is 17.9. The maximum atomic E-state index is 12.8. The topological polar surface area (TPSA) is 44.8 Å². The molecule has 0 N–H and O–H groups in total. The summed E-state index contributed by atoms with van der Waals surface area (Å²) in [5.74, 6) is 1.94. The van der Waals surface area contributed by atoms with Crippen molar-refractivity contribution in [3.8, 4) is 17.2 Å². The zero-order valence-corrected chi connectivity index (χ0v) is 27.5. The smallest absolute Gasteiger partial charge is 0.343 e. The summed E-state index contributed by atoms with van der Waals surface area (Å²) in [5.41, 5.74) is 1.68. The molecule has 0 amide bonds. The van der Waals surface area contributed by atoms with Gasteiger partial charge in [-0.05, 0) is 80.1 Å². The second-order valence-corrected chi connectivity index (χ2v) is 12.6. The molecule has 1 heterocycles. The van der Waals surface area contributed by atoms with Crippen LogP contribution in [0, 0.1) is 0 Å². The van der Waals surface area contributed by atoms with E-state index in [9.17, 15) is 4.79 Å². The van der Waals surface area contributed by atoms with Crippen molar-refractivity contribution in [2.45, 2.75) is 161 Å². The molecule has 2 aromatic carbocycles. The van der Waals surface area contributed by atoms with Crippen LogP contribution in [0.25, 0.3) is 0 Å². The molecule has 1 unspecified atom stereocenters. The molecule has 0 aliphatic carbocycles. The van der Waals surface area contributed by atoms with E-state index in [-0.39, 0.29) is 5.97 Å². The summed E-state index contributed by atoms with van der Waals surface area (Å²) in [6, 6.07) is 13.1. The lowest BCUT2D eigenvalue weighted by Gasteiger charge is -2.26. The van der Waals surface area contributed by atoms with Crippen molar-refractivity contribution in [3.63, 3.8) is 0 Å². The molecular weight excluding hydrogens is 532 g/mol. The molecule has 1 atom stereocenters. The van der Waals surface area contributed by atoms with Crippen LogP contribution in [0.5, 0.6) is 17.2 Å². The molecule has 2 aromatic rings. The first kappa shape index (κ1) is 35.0. The van der Waals surface area contributed by atoms with E-state index in [0.29, 0.717) is 17.4 Å². The maximum Gasteiger partial charge on any atom is 0.343 e. The Morgan fingerprint density at radius 2 is 1.21 bits per heavy atom. The summed E-state index contributed by atoms with van der Waals surface area (Å²) in [4.78, 5) is 12.8. The van der Waals surface area contributed by atoms with E-state index in [1.165, 1.54) is 116 Å². The first-order chi connectivity index (χ1) is 21.2. The molecular formula is C39H60O4. The maximum absolute atomic E-state index is 12.8. The first-order valence-corrected chi connectivity index (χ1v) is 17.9. The van der Waals surface area contributed by atoms with Gasteiger partial charge in [0, 0.05) is 0 Å². The molecule has 3 rings (SSSR count). The summed E-state index contributed by atoms with van der Waals surface area (Å²) in [6.45, 7) is 5.27. The number of unbranched alkanes of at least 4 members (excludes halogenated alkanes) is 17. The fourth-order valence-corrected chi connectivity index (χ4v) is 6.01. The zero-order valence-electron chi connectivity index (χ0n) is 27.5. The number of fused-ring (bicyclic) bond motifs is 1. The fourth-order valence-electron chi connectivity index (χ4n) is 6.01. The van der Waals surface area contributed by atoms with Crippen molar-refractivity contribution < 1.29 is 19.0 Å². The molecule has 4 heteroatoms. The number of carbonyl (C=O) groups is 1. The number of benzene rings is 2. The minimum atomic E-state index is -0.335. The number of esters is 1. The molecule has 0 aromatic heterocycles. The molecule has 0 fully saturated rings. The molecule has 1 aliphatic rings. The Morgan fingerprint density at radius 1 is 0.674 bits per heavy atom. The molecule has 0 spiro atoms. The molecule has 0 saturated carbocycles. The van der Waals surface area contributed by atoms with Gasteiger partial charge in [0.15, 0.2) is 0 Å². The number of hydrogen-bond donors (Lipinski definition) is 0. The van der Waals surface area contributed by atoms with Crippen LogP contribution < -0.4 is 14.2 Å². The van der Waals surface area contributed by atoms with Crippen LogP contribution in [-0.4, -0.2) is 18.7 Å². The van der Waals surface area contributed by atoms with Gasteiger partial charge in [-0.1, -0.05) is 123 Å². The SMILES string of the molecule is CCCCCCCCCCCCOc1ccc(OC(=O)c2ccc3c(c2)CCC(CCCCCCCCCCC)O3)cc1. The lowest BCUT2D eigenvalue weighted by Crippen LogP contribution is -2.23. The van der Waals surface area contributed by atoms with Crippen LogP contribution >= 0.6 is 0 Å². The van der Waals surface area contributed by atoms with E-state index in [1.54, 1.807) is 0 Å². The molecule has 4 nitrogen and oxygen atoms in total. The number of carbonyl (C=O) groups excluding carboxylic acids is 1. The van der Waals surface area contributed by atoms with E-state index in [1.807, 2.05) is 42.5 Å². The monoisotopic (exact) mass is 592 g/mol. The van der Waals surface area contributed by atoms with E-state index in [2.05, 4.69) is 13.8 Å². The largest absolute Gasteiger partial charge is 0.494 e. The van der Waals surface area contributed by atoms with Gasteiger partial charge in [0.05, 0.1) is 18.3 Å². The van der Waals surface area contributed by atoms with Gasteiger partial charge in [-0.15, -0.1) is 0 Å². The standard InChI is InChI=1S/C39H60O4/c1-3-5-7-9-11-13-15-17-19-21-31-41-35-26-28-37(29-27-35)43-39(40)34-24-30-38-33(32-34)23-25-36(42-38)22-20-18-16-14-12-10-8-6-4-2/h24,26-30,32,36H,3-23,25,31H2,1-2H3. The second-order valence-electron chi connectivity index (χ2n) is 12.6. The molecule has 1 aliphatic heterocycles. The predicted octanol–water partition coefficient (Wildman–Crippen LogP) is 11.8. The van der Waals surface area contributed by atoms with E-state index in [0.717, 1.165) is 49.4 Å². The Balaban J connectivity index is 1.28. The van der Waals surface area contributed by atoms with Crippen LogP contribution in [0.4, 0.5) is 0 Å². The Labute approximate surface area is 263 Å². The Kier molecular flexibility index (Phi) is 18.0. The molecule has 0 radical (unpaired) electrons. The van der Waals surface area contributed by atoms with Crippen LogP contribution in [0.3, 0.4) is 0 Å². The summed E-state index contributed by atoms with van der Waals surface area (Å²) in [5, 5.41) is 0. The van der Waals surface area contributed by atoms with Crippen molar-refractivity contribution in [1.82, 2.24) is 0 Å². The summed E-state index contributed by atoms with van der Waals surface area (Å²) >= 11 is 0. The van der Waals surface area contributed by atoms with Crippen LogP contribution in [-0.2, 0) is 6.42 Å². The van der Waals surface area contributed by atoms with Crippen molar-refractivity contribution in [1.29, 1.82) is 0 Å². The van der Waals surface area contributed by atoms with E-state index < -0.39 is 0 Å². The molecule has 240 valence electrons. The third-order valence-corrected chi connectivity index (χ3v) is 8.76. The van der Waals surface area contributed by atoms with Crippen molar-refractivity contribution in [2.24, 2.45) is 0 Å². The number of rotatable bonds is 24. The van der Waals surface area contributed by atoms with Gasteiger partial charge in [-0.25, -0.2) is 4.79 Å². The van der Waals surface area contributed by atoms with Gasteiger partial charge in [-0.3, -0.25) is 0 Å². The van der Waals surface area contributed by atoms with E-state index >= 15 is 0 Å². The average molecular weight is 593 g/mol. The predicted molar refractivity (Wildman–Crippen MR) is 180 cm³/mol. The highest BCUT2D eigenvalue weighted by Crippen LogP contribution is 2.31. The van der Waals surface area contributed by atoms with Gasteiger partial charge in [0.1, 0.15) is 17.2 Å². The highest BCUT2D eigenvalue weighted by Gasteiger charge is 2.21. The zero-order chi connectivity index (χ0) is 30.4. The summed E-state index contributed by atoms with van der Waals surface area (Å²) in [6.07, 6.45) is 28.7. The van der Waals surface area contributed by atoms with Gasteiger partial charge < -0.3 is 14.2 Å². The normalized spacial score (nSPS) is 14.2. The Bertz CT molecular complexity index is 999. The molecule has 43 heavy (non-hydrogen) atoms. The fraction of sp³-hybridized carbons (Fsp3) is 0.667. The lowest BCUT2D eigenvalue weighted by molar-refractivity contribution is 0.0734. The highest BCUT2D eigenvalue weighted by atomic mass is 16.5. The van der Waals surface area contributed by atoms with Gasteiger partial charge in [0.25, 0.3) is 0 Å². The van der Waals surface area contributed by atoms with Crippen LogP contribution in [0.1, 0.15) is 165 Å². The number of ether oxygens (including phenoxy) is 3. The highest BCUT2D eigenvalue weighted by molar-refractivity contribution is 5.91. The average Bonchev–Trinajstić information content (AvgIpc) is 3.03. The van der Waals surface area contributed by atoms with Crippen molar-refractivity contribution >= 4 is 5.97 Å². The van der Waals surface area contributed by atoms with Crippen LogP contribution in [0.15, 0.2) is 42.5 Å². The third kappa shape index (κ3) is 14.7. The number of hydrogen-bond acceptors (Lipinski definition) is 4. The summed E-state index contributed by atoms with van der Waals surface area (Å²) < 4.78 is 17.8. The quantitative estimate of drug-likeness (QED) is 0.0691. The van der Waals surface area contributed by atoms with Crippen LogP contribution in [0.2, 0.25) is 0 Å². The van der Waals surface area contributed by atoms with Gasteiger partial charge >= 0.3 is 5.97 Å². The van der Waals surface area contributed by atoms with Gasteiger partial charge in [-0.2, -0.15) is 0 Å². The Hall–Kier alpha value is -2.49. The van der Waals surface area contributed by atoms with Crippen molar-refractivity contribution in [3.05, 3.63) is 53.6 Å². The second kappa shape index (κ2) is 22.1. The lowest BCUT2D eigenvalue weighted by atomic mass is 9.97. The minimum absolute atomic E-state index is 0.292. The minimum Gasteiger partial charge on any atom is -0.494 e. The van der Waals surface area contributed by atoms with E-state index in [4.69, 9.17) is 14.2 Å². The Morgan fingerprint density at radius 3 is 1.81 bits per heavy atom.